The highest BCUT2D eigenvalue weighted by Gasteiger charge is 2.59. The van der Waals surface area contributed by atoms with Crippen molar-refractivity contribution in [1.29, 1.82) is 0 Å². The fraction of sp³-hybridized carbons (Fsp3) is 0.294. The molecule has 0 spiro atoms. The second-order valence-electron chi connectivity index (χ2n) is 6.35. The number of imide groups is 1. The standard InChI is InChI=1S/C17H13N3O2S/c21-16-14-10-1-2-11(7-10)15(14)17(22)20(16)12-5-3-9(4-6-12)13-8-23-19-18-13/h1-6,8,10-11,14-15H,7H2/t10-,11+,14-,15-/m0/s1. The lowest BCUT2D eigenvalue weighted by Gasteiger charge is -2.17. The van der Waals surface area contributed by atoms with Crippen molar-refractivity contribution in [2.24, 2.45) is 23.7 Å². The van der Waals surface area contributed by atoms with Crippen LogP contribution in [0.15, 0.2) is 41.8 Å². The van der Waals surface area contributed by atoms with Crippen LogP contribution >= 0.6 is 11.5 Å². The van der Waals surface area contributed by atoms with Crippen molar-refractivity contribution < 1.29 is 9.59 Å². The van der Waals surface area contributed by atoms with Gasteiger partial charge in [-0.1, -0.05) is 28.8 Å². The fourth-order valence-corrected chi connectivity index (χ4v) is 4.69. The van der Waals surface area contributed by atoms with Crippen molar-refractivity contribution in [2.45, 2.75) is 6.42 Å². The van der Waals surface area contributed by atoms with E-state index in [0.29, 0.717) is 5.69 Å². The lowest BCUT2D eigenvalue weighted by Crippen LogP contribution is -2.32. The summed E-state index contributed by atoms with van der Waals surface area (Å²) in [5.74, 6) is 0.0956. The Morgan fingerprint density at radius 3 is 2.22 bits per heavy atom. The molecular formula is C17H13N3O2S. The summed E-state index contributed by atoms with van der Waals surface area (Å²) >= 11 is 1.30. The number of benzene rings is 1. The van der Waals surface area contributed by atoms with Crippen LogP contribution in [-0.2, 0) is 9.59 Å². The number of nitrogens with zero attached hydrogens (tertiary/aromatic N) is 3. The van der Waals surface area contributed by atoms with Crippen LogP contribution in [0.2, 0.25) is 0 Å². The second kappa shape index (κ2) is 4.58. The monoisotopic (exact) mass is 323 g/mol. The minimum atomic E-state index is -0.153. The van der Waals surface area contributed by atoms with E-state index in [1.54, 1.807) is 0 Å². The molecule has 2 fully saturated rings. The zero-order valence-electron chi connectivity index (χ0n) is 12.1. The summed E-state index contributed by atoms with van der Waals surface area (Å²) in [5, 5.41) is 5.90. The first-order valence-corrected chi connectivity index (χ1v) is 8.51. The smallest absolute Gasteiger partial charge is 0.238 e. The van der Waals surface area contributed by atoms with Crippen molar-refractivity contribution in [3.63, 3.8) is 0 Å². The Labute approximate surface area is 136 Å². The maximum absolute atomic E-state index is 12.8. The van der Waals surface area contributed by atoms with Crippen LogP contribution in [-0.4, -0.2) is 21.4 Å². The van der Waals surface area contributed by atoms with Gasteiger partial charge >= 0.3 is 0 Å². The first-order chi connectivity index (χ1) is 11.2. The predicted molar refractivity (Wildman–Crippen MR) is 85.6 cm³/mol. The Bertz CT molecular complexity index is 798. The van der Waals surface area contributed by atoms with E-state index in [2.05, 4.69) is 21.7 Å². The predicted octanol–water partition coefficient (Wildman–Crippen LogP) is 2.52. The maximum Gasteiger partial charge on any atom is 0.238 e. The highest BCUT2D eigenvalue weighted by molar-refractivity contribution is 7.03. The number of carbonyl (C=O) groups is 2. The van der Waals surface area contributed by atoms with Gasteiger partial charge < -0.3 is 0 Å². The number of carbonyl (C=O) groups excluding carboxylic acids is 2. The normalized spacial score (nSPS) is 31.2. The fourth-order valence-electron chi connectivity index (χ4n) is 4.23. The van der Waals surface area contributed by atoms with Gasteiger partial charge in [0.05, 0.1) is 17.5 Å². The Balaban J connectivity index is 1.49. The first-order valence-electron chi connectivity index (χ1n) is 7.67. The van der Waals surface area contributed by atoms with Crippen LogP contribution in [0.5, 0.6) is 0 Å². The van der Waals surface area contributed by atoms with E-state index in [9.17, 15) is 9.59 Å². The Hall–Kier alpha value is -2.34. The van der Waals surface area contributed by atoms with Gasteiger partial charge in [0.25, 0.3) is 0 Å². The van der Waals surface area contributed by atoms with E-state index in [-0.39, 0.29) is 35.5 Å². The summed E-state index contributed by atoms with van der Waals surface area (Å²) in [4.78, 5) is 26.9. The molecule has 2 bridgehead atoms. The third-order valence-electron chi connectivity index (χ3n) is 5.25. The Kier molecular flexibility index (Phi) is 2.61. The Morgan fingerprint density at radius 2 is 1.65 bits per heavy atom. The van der Waals surface area contributed by atoms with Crippen molar-refractivity contribution >= 4 is 29.0 Å². The van der Waals surface area contributed by atoms with Crippen LogP contribution in [0.1, 0.15) is 6.42 Å². The van der Waals surface area contributed by atoms with Crippen molar-refractivity contribution in [1.82, 2.24) is 9.59 Å². The summed E-state index contributed by atoms with van der Waals surface area (Å²) < 4.78 is 3.85. The van der Waals surface area contributed by atoms with Gasteiger partial charge in [-0.25, -0.2) is 0 Å². The van der Waals surface area contributed by atoms with Crippen LogP contribution < -0.4 is 4.90 Å². The van der Waals surface area contributed by atoms with E-state index >= 15 is 0 Å². The quantitative estimate of drug-likeness (QED) is 0.629. The first kappa shape index (κ1) is 13.1. The van der Waals surface area contributed by atoms with Crippen molar-refractivity contribution in [2.75, 3.05) is 4.90 Å². The maximum atomic E-state index is 12.8. The molecule has 2 aliphatic carbocycles. The van der Waals surface area contributed by atoms with Gasteiger partial charge in [-0.3, -0.25) is 14.5 Å². The van der Waals surface area contributed by atoms with Crippen molar-refractivity contribution in [3.8, 4) is 11.3 Å². The molecule has 2 amide bonds. The largest absolute Gasteiger partial charge is 0.274 e. The Morgan fingerprint density at radius 1 is 1.00 bits per heavy atom. The number of aromatic nitrogens is 2. The van der Waals surface area contributed by atoms with Gasteiger partial charge in [0, 0.05) is 10.9 Å². The summed E-state index contributed by atoms with van der Waals surface area (Å²) in [6.07, 6.45) is 5.17. The summed E-state index contributed by atoms with van der Waals surface area (Å²) in [6, 6.07) is 7.41. The second-order valence-corrected chi connectivity index (χ2v) is 6.96. The SMILES string of the molecule is O=C1[C@@H]2[C@@H](C(=O)N1c1ccc(-c3csnn3)cc1)[C@H]1C=C[C@@H]2C1. The molecule has 1 saturated heterocycles. The van der Waals surface area contributed by atoms with Crippen LogP contribution in [0, 0.1) is 23.7 Å². The van der Waals surface area contributed by atoms with E-state index in [1.165, 1.54) is 16.4 Å². The number of fused-ring (bicyclic) bond motifs is 5. The van der Waals surface area contributed by atoms with Crippen LogP contribution in [0.25, 0.3) is 11.3 Å². The van der Waals surface area contributed by atoms with Gasteiger partial charge in [0.1, 0.15) is 5.69 Å². The number of anilines is 1. The van der Waals surface area contributed by atoms with Gasteiger partial charge in [-0.05, 0) is 41.9 Å². The van der Waals surface area contributed by atoms with Gasteiger partial charge in [0.15, 0.2) is 0 Å². The molecule has 0 radical (unpaired) electrons. The molecule has 1 aromatic heterocycles. The number of allylic oxidation sites excluding steroid dienone is 2. The molecule has 1 aliphatic heterocycles. The van der Waals surface area contributed by atoms with Gasteiger partial charge in [0.2, 0.25) is 11.8 Å². The number of hydrogen-bond acceptors (Lipinski definition) is 5. The van der Waals surface area contributed by atoms with Gasteiger partial charge in [-0.15, -0.1) is 5.10 Å². The lowest BCUT2D eigenvalue weighted by molar-refractivity contribution is -0.123. The summed E-state index contributed by atoms with van der Waals surface area (Å²) in [5.41, 5.74) is 2.39. The van der Waals surface area contributed by atoms with Crippen LogP contribution in [0.3, 0.4) is 0 Å². The molecule has 2 aromatic rings. The third kappa shape index (κ3) is 1.72. The highest BCUT2D eigenvalue weighted by atomic mass is 32.1. The molecule has 2 heterocycles. The number of hydrogen-bond donors (Lipinski definition) is 0. The molecule has 5 rings (SSSR count). The number of rotatable bonds is 2. The molecule has 3 aliphatic rings. The third-order valence-corrected chi connectivity index (χ3v) is 5.76. The lowest BCUT2D eigenvalue weighted by atomic mass is 9.85. The molecule has 114 valence electrons. The van der Waals surface area contributed by atoms with Gasteiger partial charge in [-0.2, -0.15) is 0 Å². The molecule has 4 atom stereocenters. The minimum absolute atomic E-state index is 0.0417. The molecule has 5 nitrogen and oxygen atoms in total. The van der Waals surface area contributed by atoms with E-state index < -0.39 is 0 Å². The molecule has 1 aromatic carbocycles. The molecule has 1 saturated carbocycles. The molecule has 6 heteroatoms. The minimum Gasteiger partial charge on any atom is -0.274 e. The summed E-state index contributed by atoms with van der Waals surface area (Å²) in [6.45, 7) is 0. The molecular weight excluding hydrogens is 310 g/mol. The van der Waals surface area contributed by atoms with Crippen molar-refractivity contribution in [3.05, 3.63) is 41.8 Å². The molecule has 0 unspecified atom stereocenters. The highest BCUT2D eigenvalue weighted by Crippen LogP contribution is 2.53. The van der Waals surface area contributed by atoms with E-state index in [4.69, 9.17) is 0 Å². The molecule has 23 heavy (non-hydrogen) atoms. The summed E-state index contributed by atoms with van der Waals surface area (Å²) in [7, 11) is 0. The number of amides is 2. The topological polar surface area (TPSA) is 63.2 Å². The zero-order valence-corrected chi connectivity index (χ0v) is 12.9. The molecule has 0 N–H and O–H groups in total. The zero-order chi connectivity index (χ0) is 15.6. The van der Waals surface area contributed by atoms with E-state index in [0.717, 1.165) is 17.7 Å². The average Bonchev–Trinajstić information content (AvgIpc) is 3.33. The van der Waals surface area contributed by atoms with Crippen LogP contribution in [0.4, 0.5) is 5.69 Å². The average molecular weight is 323 g/mol. The van der Waals surface area contributed by atoms with E-state index in [1.807, 2.05) is 29.6 Å².